The number of nitrogens with one attached hydrogen (secondary N) is 1. The van der Waals surface area contributed by atoms with Gasteiger partial charge in [-0.15, -0.1) is 0 Å². The number of alkyl carbamates (subject to hydrolysis) is 1. The molecule has 0 radical (unpaired) electrons. The lowest BCUT2D eigenvalue weighted by Gasteiger charge is -2.38. The summed E-state index contributed by atoms with van der Waals surface area (Å²) in [4.78, 5) is 13.7. The largest absolute Gasteiger partial charge is 0.444 e. The van der Waals surface area contributed by atoms with E-state index in [1.807, 2.05) is 27.8 Å². The van der Waals surface area contributed by atoms with Crippen molar-refractivity contribution >= 4 is 6.09 Å². The molecule has 1 saturated heterocycles. The van der Waals surface area contributed by atoms with Crippen LogP contribution in [-0.2, 0) is 4.74 Å². The Kier molecular flexibility index (Phi) is 4.38. The van der Waals surface area contributed by atoms with Gasteiger partial charge in [0.1, 0.15) is 5.60 Å². The topological polar surface area (TPSA) is 67.6 Å². The summed E-state index contributed by atoms with van der Waals surface area (Å²) in [7, 11) is 2.05. The maximum atomic E-state index is 11.5. The number of rotatable bonds is 2. The Labute approximate surface area is 104 Å². The van der Waals surface area contributed by atoms with Crippen LogP contribution in [0.3, 0.4) is 0 Å². The van der Waals surface area contributed by atoms with E-state index in [4.69, 9.17) is 10.5 Å². The molecule has 17 heavy (non-hydrogen) atoms. The molecule has 1 fully saturated rings. The molecule has 1 rings (SSSR count). The zero-order valence-electron chi connectivity index (χ0n) is 11.4. The molecular weight excluding hydrogens is 218 g/mol. The monoisotopic (exact) mass is 243 g/mol. The van der Waals surface area contributed by atoms with Gasteiger partial charge in [0.2, 0.25) is 0 Å². The lowest BCUT2D eigenvalue weighted by molar-refractivity contribution is 0.0500. The Morgan fingerprint density at radius 3 is 2.71 bits per heavy atom. The third kappa shape index (κ3) is 5.37. The molecule has 0 aliphatic carbocycles. The first kappa shape index (κ1) is 14.3. The highest BCUT2D eigenvalue weighted by Gasteiger charge is 2.31. The van der Waals surface area contributed by atoms with Crippen molar-refractivity contribution in [2.24, 2.45) is 5.73 Å². The summed E-state index contributed by atoms with van der Waals surface area (Å²) in [6, 6.07) is 0. The van der Waals surface area contributed by atoms with Crippen molar-refractivity contribution in [1.29, 1.82) is 0 Å². The van der Waals surface area contributed by atoms with Gasteiger partial charge >= 0.3 is 6.09 Å². The summed E-state index contributed by atoms with van der Waals surface area (Å²) in [5.74, 6) is 0. The van der Waals surface area contributed by atoms with Gasteiger partial charge in [-0.3, -0.25) is 0 Å². The molecule has 5 heteroatoms. The predicted molar refractivity (Wildman–Crippen MR) is 67.9 cm³/mol. The molecule has 5 nitrogen and oxygen atoms in total. The Morgan fingerprint density at radius 1 is 1.53 bits per heavy atom. The minimum absolute atomic E-state index is 0.329. The van der Waals surface area contributed by atoms with Crippen LogP contribution < -0.4 is 11.1 Å². The molecular formula is C12H25N3O2. The van der Waals surface area contributed by atoms with Gasteiger partial charge in [0.25, 0.3) is 0 Å². The summed E-state index contributed by atoms with van der Waals surface area (Å²) in [6.45, 7) is 7.89. The van der Waals surface area contributed by atoms with Gasteiger partial charge in [0.15, 0.2) is 0 Å². The van der Waals surface area contributed by atoms with E-state index in [0.29, 0.717) is 6.54 Å². The molecule has 1 amide bonds. The molecule has 0 aromatic heterocycles. The van der Waals surface area contributed by atoms with Crippen molar-refractivity contribution in [3.8, 4) is 0 Å². The number of hydrogen-bond donors (Lipinski definition) is 2. The highest BCUT2D eigenvalue weighted by molar-refractivity contribution is 5.67. The van der Waals surface area contributed by atoms with E-state index in [1.54, 1.807) is 0 Å². The molecule has 1 heterocycles. The molecule has 1 unspecified atom stereocenters. The quantitative estimate of drug-likeness (QED) is 0.757. The summed E-state index contributed by atoms with van der Waals surface area (Å²) in [5, 5.41) is 2.76. The van der Waals surface area contributed by atoms with Crippen LogP contribution in [-0.4, -0.2) is 48.8 Å². The van der Waals surface area contributed by atoms with E-state index < -0.39 is 11.7 Å². The van der Waals surface area contributed by atoms with Crippen LogP contribution in [0.1, 0.15) is 33.6 Å². The Balaban J connectivity index is 2.36. The summed E-state index contributed by atoms with van der Waals surface area (Å²) >= 11 is 0. The van der Waals surface area contributed by atoms with Gasteiger partial charge in [-0.2, -0.15) is 0 Å². The number of likely N-dealkylation sites (tertiary alicyclic amines) is 1. The normalized spacial score (nSPS) is 26.6. The molecule has 1 aliphatic heterocycles. The second-order valence-electron chi connectivity index (χ2n) is 6.06. The minimum Gasteiger partial charge on any atom is -0.444 e. The summed E-state index contributed by atoms with van der Waals surface area (Å²) in [6.07, 6.45) is 1.62. The van der Waals surface area contributed by atoms with Gasteiger partial charge < -0.3 is 20.7 Å². The van der Waals surface area contributed by atoms with Gasteiger partial charge in [-0.25, -0.2) is 4.79 Å². The molecule has 0 spiro atoms. The Bertz CT molecular complexity index is 275. The van der Waals surface area contributed by atoms with Crippen LogP contribution in [0.15, 0.2) is 0 Å². The fourth-order valence-electron chi connectivity index (χ4n) is 2.10. The third-order valence-electron chi connectivity index (χ3n) is 2.78. The highest BCUT2D eigenvalue weighted by Crippen LogP contribution is 2.17. The number of piperidine rings is 1. The summed E-state index contributed by atoms with van der Waals surface area (Å²) < 4.78 is 5.18. The van der Waals surface area contributed by atoms with Gasteiger partial charge in [-0.1, -0.05) is 0 Å². The van der Waals surface area contributed by atoms with E-state index in [0.717, 1.165) is 25.9 Å². The Hall–Kier alpha value is -0.810. The summed E-state index contributed by atoms with van der Waals surface area (Å²) in [5.41, 5.74) is 5.46. The highest BCUT2D eigenvalue weighted by atomic mass is 16.6. The van der Waals surface area contributed by atoms with E-state index >= 15 is 0 Å². The van der Waals surface area contributed by atoms with E-state index in [1.165, 1.54) is 0 Å². The van der Waals surface area contributed by atoms with Crippen LogP contribution in [0.5, 0.6) is 0 Å². The molecule has 1 atom stereocenters. The van der Waals surface area contributed by atoms with Crippen LogP contribution >= 0.6 is 0 Å². The van der Waals surface area contributed by atoms with Crippen LogP contribution in [0.2, 0.25) is 0 Å². The van der Waals surface area contributed by atoms with E-state index in [9.17, 15) is 4.79 Å². The molecule has 1 aliphatic rings. The smallest absolute Gasteiger partial charge is 0.407 e. The standard InChI is InChI=1S/C12H25N3O2/c1-11(2,3)17-10(16)14-8-12(13)6-5-7-15(4)9-12/h5-9,13H2,1-4H3,(H,14,16). The molecule has 0 bridgehead atoms. The first-order valence-corrected chi connectivity index (χ1v) is 6.14. The fourth-order valence-corrected chi connectivity index (χ4v) is 2.10. The van der Waals surface area contributed by atoms with Crippen LogP contribution in [0, 0.1) is 0 Å². The Morgan fingerprint density at radius 2 is 2.18 bits per heavy atom. The number of ether oxygens (including phenoxy) is 1. The number of amides is 1. The average Bonchev–Trinajstić information content (AvgIpc) is 2.12. The average molecular weight is 243 g/mol. The zero-order valence-corrected chi connectivity index (χ0v) is 11.4. The van der Waals surface area contributed by atoms with Gasteiger partial charge in [0.05, 0.1) is 0 Å². The maximum absolute atomic E-state index is 11.5. The number of hydrogen-bond acceptors (Lipinski definition) is 4. The fraction of sp³-hybridized carbons (Fsp3) is 0.917. The number of carbonyl (C=O) groups is 1. The van der Waals surface area contributed by atoms with Crippen molar-refractivity contribution in [1.82, 2.24) is 10.2 Å². The van der Waals surface area contributed by atoms with E-state index in [-0.39, 0.29) is 5.54 Å². The first-order chi connectivity index (χ1) is 7.70. The predicted octanol–water partition coefficient (Wildman–Crippen LogP) is 0.934. The number of likely N-dealkylation sites (N-methyl/N-ethyl adjacent to an activating group) is 1. The van der Waals surface area contributed by atoms with Gasteiger partial charge in [0, 0.05) is 18.6 Å². The molecule has 0 saturated carbocycles. The maximum Gasteiger partial charge on any atom is 0.407 e. The second-order valence-corrected chi connectivity index (χ2v) is 6.06. The number of carbonyl (C=O) groups excluding carboxylic acids is 1. The minimum atomic E-state index is -0.463. The lowest BCUT2D eigenvalue weighted by Crippen LogP contribution is -2.59. The first-order valence-electron chi connectivity index (χ1n) is 6.14. The van der Waals surface area contributed by atoms with Crippen LogP contribution in [0.4, 0.5) is 4.79 Å². The molecule has 3 N–H and O–H groups in total. The zero-order chi connectivity index (χ0) is 13.1. The van der Waals surface area contributed by atoms with Crippen molar-refractivity contribution < 1.29 is 9.53 Å². The third-order valence-corrected chi connectivity index (χ3v) is 2.78. The lowest BCUT2D eigenvalue weighted by atomic mass is 9.90. The molecule has 0 aromatic carbocycles. The number of nitrogens with two attached hydrogens (primary N) is 1. The van der Waals surface area contributed by atoms with Gasteiger partial charge in [-0.05, 0) is 47.2 Å². The van der Waals surface area contributed by atoms with Crippen LogP contribution in [0.25, 0.3) is 0 Å². The molecule has 0 aromatic rings. The van der Waals surface area contributed by atoms with Crippen molar-refractivity contribution in [2.75, 3.05) is 26.7 Å². The second kappa shape index (κ2) is 5.23. The SMILES string of the molecule is CN1CCCC(N)(CNC(=O)OC(C)(C)C)C1. The van der Waals surface area contributed by atoms with Crippen molar-refractivity contribution in [2.45, 2.75) is 44.8 Å². The van der Waals surface area contributed by atoms with E-state index in [2.05, 4.69) is 10.2 Å². The van der Waals surface area contributed by atoms with Crippen molar-refractivity contribution in [3.05, 3.63) is 0 Å². The molecule has 100 valence electrons. The number of nitrogens with zero attached hydrogens (tertiary/aromatic N) is 1. The van der Waals surface area contributed by atoms with Crippen molar-refractivity contribution in [3.63, 3.8) is 0 Å².